The molecule has 2 aromatic rings. The lowest BCUT2D eigenvalue weighted by atomic mass is 10.1. The second-order valence-electron chi connectivity index (χ2n) is 5.08. The standard InChI is InChI=1S/C15H18N2O3S/c18-21(19)12-16-7-9-17(10-8-16)14-5-3-13(4-6-14)15-2-1-11-20-15/h1-6,11H,7-10,12H2,(H,18,19). The molecule has 5 nitrogen and oxygen atoms in total. The highest BCUT2D eigenvalue weighted by Gasteiger charge is 2.18. The molecule has 0 radical (unpaired) electrons. The van der Waals surface area contributed by atoms with E-state index in [1.54, 1.807) is 6.26 Å². The maximum absolute atomic E-state index is 10.8. The summed E-state index contributed by atoms with van der Waals surface area (Å²) in [7, 11) is 0. The number of hydrogen-bond donors (Lipinski definition) is 1. The molecule has 1 fully saturated rings. The molecule has 1 saturated heterocycles. The molecule has 1 atom stereocenters. The highest BCUT2D eigenvalue weighted by atomic mass is 32.2. The van der Waals surface area contributed by atoms with Crippen molar-refractivity contribution in [1.82, 2.24) is 4.90 Å². The van der Waals surface area contributed by atoms with Crippen molar-refractivity contribution in [3.8, 4) is 11.3 Å². The first-order chi connectivity index (χ1) is 10.2. The van der Waals surface area contributed by atoms with Gasteiger partial charge in [-0.1, -0.05) is 0 Å². The minimum atomic E-state index is -1.74. The number of anilines is 1. The van der Waals surface area contributed by atoms with Crippen LogP contribution in [0.2, 0.25) is 0 Å². The summed E-state index contributed by atoms with van der Waals surface area (Å²) >= 11 is -1.74. The van der Waals surface area contributed by atoms with Crippen LogP contribution in [-0.4, -0.2) is 45.7 Å². The van der Waals surface area contributed by atoms with Crippen molar-refractivity contribution in [1.29, 1.82) is 0 Å². The molecule has 0 amide bonds. The van der Waals surface area contributed by atoms with Crippen LogP contribution in [0.25, 0.3) is 11.3 Å². The SMILES string of the molecule is O=S(O)CN1CCN(c2ccc(-c3ccco3)cc2)CC1. The van der Waals surface area contributed by atoms with Gasteiger partial charge < -0.3 is 13.9 Å². The minimum absolute atomic E-state index is 0.241. The third-order valence-corrected chi connectivity index (χ3v) is 4.29. The largest absolute Gasteiger partial charge is 0.464 e. The molecule has 0 bridgehead atoms. The van der Waals surface area contributed by atoms with Gasteiger partial charge in [-0.25, -0.2) is 4.21 Å². The predicted octanol–water partition coefficient (Wildman–Crippen LogP) is 2.25. The zero-order valence-electron chi connectivity index (χ0n) is 11.6. The topological polar surface area (TPSA) is 56.9 Å². The lowest BCUT2D eigenvalue weighted by Crippen LogP contribution is -2.47. The fraction of sp³-hybridized carbons (Fsp3) is 0.333. The van der Waals surface area contributed by atoms with Gasteiger partial charge in [-0.05, 0) is 36.4 Å². The molecular weight excluding hydrogens is 288 g/mol. The van der Waals surface area contributed by atoms with Gasteiger partial charge in [0.05, 0.1) is 6.26 Å². The van der Waals surface area contributed by atoms with E-state index in [0.717, 1.165) is 37.5 Å². The molecule has 0 saturated carbocycles. The molecule has 2 heterocycles. The Morgan fingerprint density at radius 3 is 2.38 bits per heavy atom. The van der Waals surface area contributed by atoms with Crippen molar-refractivity contribution in [2.45, 2.75) is 0 Å². The zero-order valence-corrected chi connectivity index (χ0v) is 12.5. The first-order valence-electron chi connectivity index (χ1n) is 6.91. The average molecular weight is 306 g/mol. The van der Waals surface area contributed by atoms with Crippen LogP contribution in [0.4, 0.5) is 5.69 Å². The molecule has 112 valence electrons. The Kier molecular flexibility index (Phi) is 4.38. The quantitative estimate of drug-likeness (QED) is 0.878. The van der Waals surface area contributed by atoms with E-state index >= 15 is 0 Å². The second-order valence-corrected chi connectivity index (χ2v) is 5.98. The van der Waals surface area contributed by atoms with E-state index in [4.69, 9.17) is 8.97 Å². The molecule has 6 heteroatoms. The number of furan rings is 1. The van der Waals surface area contributed by atoms with Crippen LogP contribution >= 0.6 is 0 Å². The number of benzene rings is 1. The average Bonchev–Trinajstić information content (AvgIpc) is 3.02. The van der Waals surface area contributed by atoms with Gasteiger partial charge in [0.2, 0.25) is 0 Å². The van der Waals surface area contributed by atoms with Crippen LogP contribution in [0.5, 0.6) is 0 Å². The third-order valence-electron chi connectivity index (χ3n) is 3.70. The van der Waals surface area contributed by atoms with Crippen LogP contribution in [0, 0.1) is 0 Å². The molecule has 1 aliphatic heterocycles. The van der Waals surface area contributed by atoms with E-state index in [9.17, 15) is 4.21 Å². The van der Waals surface area contributed by atoms with Crippen LogP contribution in [0.3, 0.4) is 0 Å². The first kappa shape index (κ1) is 14.3. The summed E-state index contributed by atoms with van der Waals surface area (Å²) in [6, 6.07) is 12.1. The summed E-state index contributed by atoms with van der Waals surface area (Å²) in [5.41, 5.74) is 2.24. The summed E-state index contributed by atoms with van der Waals surface area (Å²) in [6.07, 6.45) is 1.67. The van der Waals surface area contributed by atoms with Gasteiger partial charge in [0.1, 0.15) is 11.6 Å². The lowest BCUT2D eigenvalue weighted by Gasteiger charge is -2.35. The highest BCUT2D eigenvalue weighted by molar-refractivity contribution is 7.79. The maximum atomic E-state index is 10.8. The molecule has 1 aliphatic rings. The monoisotopic (exact) mass is 306 g/mol. The molecule has 1 aromatic heterocycles. The van der Waals surface area contributed by atoms with Crippen molar-refractivity contribution in [2.75, 3.05) is 37.0 Å². The van der Waals surface area contributed by atoms with Gasteiger partial charge >= 0.3 is 0 Å². The van der Waals surface area contributed by atoms with Crippen molar-refractivity contribution >= 4 is 16.8 Å². The van der Waals surface area contributed by atoms with E-state index in [-0.39, 0.29) is 5.88 Å². The summed E-state index contributed by atoms with van der Waals surface area (Å²) in [4.78, 5) is 4.31. The van der Waals surface area contributed by atoms with Crippen LogP contribution < -0.4 is 4.90 Å². The molecule has 21 heavy (non-hydrogen) atoms. The first-order valence-corrected chi connectivity index (χ1v) is 8.19. The number of rotatable bonds is 4. The van der Waals surface area contributed by atoms with Gasteiger partial charge in [-0.15, -0.1) is 0 Å². The Balaban J connectivity index is 1.62. The van der Waals surface area contributed by atoms with Crippen molar-refractivity contribution < 1.29 is 13.2 Å². The second kappa shape index (κ2) is 6.43. The highest BCUT2D eigenvalue weighted by Crippen LogP contribution is 2.24. The Labute approximate surface area is 126 Å². The predicted molar refractivity (Wildman–Crippen MR) is 83.6 cm³/mol. The molecule has 1 aromatic carbocycles. The normalized spacial score (nSPS) is 17.9. The van der Waals surface area contributed by atoms with Crippen LogP contribution in [-0.2, 0) is 11.1 Å². The van der Waals surface area contributed by atoms with E-state index in [1.165, 1.54) is 5.69 Å². The number of nitrogens with zero attached hydrogens (tertiary/aromatic N) is 2. The molecule has 1 unspecified atom stereocenters. The molecule has 3 rings (SSSR count). The van der Waals surface area contributed by atoms with E-state index in [2.05, 4.69) is 29.2 Å². The van der Waals surface area contributed by atoms with Crippen LogP contribution in [0.15, 0.2) is 47.1 Å². The summed E-state index contributed by atoms with van der Waals surface area (Å²) < 4.78 is 25.1. The molecule has 1 N–H and O–H groups in total. The summed E-state index contributed by atoms with van der Waals surface area (Å²) in [5, 5.41) is 0. The molecule has 0 aliphatic carbocycles. The Bertz CT molecular complexity index is 590. The van der Waals surface area contributed by atoms with Crippen molar-refractivity contribution in [2.24, 2.45) is 0 Å². The van der Waals surface area contributed by atoms with E-state index in [1.807, 2.05) is 17.0 Å². The van der Waals surface area contributed by atoms with Crippen molar-refractivity contribution in [3.05, 3.63) is 42.7 Å². The molecule has 0 spiro atoms. The summed E-state index contributed by atoms with van der Waals surface area (Å²) in [5.74, 6) is 1.11. The Morgan fingerprint density at radius 2 is 1.81 bits per heavy atom. The minimum Gasteiger partial charge on any atom is -0.464 e. The fourth-order valence-corrected chi connectivity index (χ4v) is 3.14. The lowest BCUT2D eigenvalue weighted by molar-refractivity contribution is 0.292. The van der Waals surface area contributed by atoms with Gasteiger partial charge in [0.15, 0.2) is 11.1 Å². The molecular formula is C15H18N2O3S. The Morgan fingerprint density at radius 1 is 1.10 bits per heavy atom. The number of piperazine rings is 1. The van der Waals surface area contributed by atoms with Gasteiger partial charge in [0.25, 0.3) is 0 Å². The van der Waals surface area contributed by atoms with Crippen molar-refractivity contribution in [3.63, 3.8) is 0 Å². The van der Waals surface area contributed by atoms with Gasteiger partial charge in [-0.2, -0.15) is 0 Å². The zero-order chi connectivity index (χ0) is 14.7. The Hall–Kier alpha value is -1.63. The number of hydrogen-bond acceptors (Lipinski definition) is 4. The third kappa shape index (κ3) is 3.53. The van der Waals surface area contributed by atoms with Gasteiger partial charge in [-0.3, -0.25) is 4.90 Å². The van der Waals surface area contributed by atoms with E-state index < -0.39 is 11.1 Å². The maximum Gasteiger partial charge on any atom is 0.167 e. The summed E-state index contributed by atoms with van der Waals surface area (Å²) in [6.45, 7) is 3.37. The smallest absolute Gasteiger partial charge is 0.167 e. The van der Waals surface area contributed by atoms with Crippen LogP contribution in [0.1, 0.15) is 0 Å². The van der Waals surface area contributed by atoms with Gasteiger partial charge in [0, 0.05) is 37.4 Å². The fourth-order valence-electron chi connectivity index (χ4n) is 2.57. The van der Waals surface area contributed by atoms with E-state index in [0.29, 0.717) is 0 Å².